The van der Waals surface area contributed by atoms with E-state index in [1.165, 1.54) is 62.5 Å². The van der Waals surface area contributed by atoms with Gasteiger partial charge in [-0.2, -0.15) is 0 Å². The summed E-state index contributed by atoms with van der Waals surface area (Å²) in [6.45, 7) is 2.03. The van der Waals surface area contributed by atoms with Crippen LogP contribution in [0.4, 0.5) is 0 Å². The van der Waals surface area contributed by atoms with Gasteiger partial charge in [-0.25, -0.2) is 4.79 Å². The van der Waals surface area contributed by atoms with Gasteiger partial charge in [0.2, 0.25) is 0 Å². The highest BCUT2D eigenvalue weighted by atomic mass is 16.1. The third-order valence-corrected chi connectivity index (χ3v) is 6.31. The van der Waals surface area contributed by atoms with Crippen molar-refractivity contribution in [3.8, 4) is 11.3 Å². The van der Waals surface area contributed by atoms with Crippen LogP contribution in [0, 0.1) is 6.92 Å². The van der Waals surface area contributed by atoms with Crippen molar-refractivity contribution in [3.63, 3.8) is 0 Å². The van der Waals surface area contributed by atoms with Crippen LogP contribution in [0.5, 0.6) is 0 Å². The van der Waals surface area contributed by atoms with Crippen LogP contribution >= 0.6 is 0 Å². The van der Waals surface area contributed by atoms with E-state index in [2.05, 4.69) is 29.2 Å². The highest BCUT2D eigenvalue weighted by molar-refractivity contribution is 5.63. The second kappa shape index (κ2) is 7.23. The minimum atomic E-state index is 0.0655. The molecule has 2 aromatic rings. The summed E-state index contributed by atoms with van der Waals surface area (Å²) in [5.41, 5.74) is 4.83. The molecule has 3 heteroatoms. The summed E-state index contributed by atoms with van der Waals surface area (Å²) in [6, 6.07) is 9.43. The van der Waals surface area contributed by atoms with E-state index < -0.39 is 0 Å². The van der Waals surface area contributed by atoms with Gasteiger partial charge in [-0.3, -0.25) is 4.57 Å². The molecule has 0 aliphatic heterocycles. The Morgan fingerprint density at radius 2 is 1.48 bits per heavy atom. The molecule has 134 valence electrons. The van der Waals surface area contributed by atoms with Gasteiger partial charge < -0.3 is 4.98 Å². The van der Waals surface area contributed by atoms with E-state index >= 15 is 0 Å². The number of rotatable bonds is 3. The first-order valence-electron chi connectivity index (χ1n) is 10.2. The lowest BCUT2D eigenvalue weighted by Gasteiger charge is -2.25. The van der Waals surface area contributed by atoms with Gasteiger partial charge in [0.15, 0.2) is 0 Å². The average Bonchev–Trinajstić information content (AvgIpc) is 2.97. The van der Waals surface area contributed by atoms with E-state index in [9.17, 15) is 4.79 Å². The van der Waals surface area contributed by atoms with Crippen molar-refractivity contribution < 1.29 is 0 Å². The maximum Gasteiger partial charge on any atom is 0.326 e. The smallest absolute Gasteiger partial charge is 0.309 e. The van der Waals surface area contributed by atoms with Crippen LogP contribution in [0.1, 0.15) is 87.4 Å². The Balaban J connectivity index is 1.66. The van der Waals surface area contributed by atoms with Crippen LogP contribution in [0.25, 0.3) is 11.3 Å². The number of hydrogen-bond acceptors (Lipinski definition) is 1. The quantitative estimate of drug-likeness (QED) is 0.765. The predicted octanol–water partition coefficient (Wildman–Crippen LogP) is 5.70. The molecule has 2 fully saturated rings. The van der Waals surface area contributed by atoms with E-state index in [1.54, 1.807) is 0 Å². The summed E-state index contributed by atoms with van der Waals surface area (Å²) in [6.07, 6.45) is 12.8. The monoisotopic (exact) mass is 338 g/mol. The lowest BCUT2D eigenvalue weighted by atomic mass is 9.84. The molecule has 0 bridgehead atoms. The summed E-state index contributed by atoms with van der Waals surface area (Å²) in [7, 11) is 0. The fraction of sp³-hybridized carbons (Fsp3) is 0.591. The van der Waals surface area contributed by atoms with Gasteiger partial charge in [0.25, 0.3) is 0 Å². The van der Waals surface area contributed by atoms with Crippen LogP contribution in [-0.2, 0) is 0 Å². The topological polar surface area (TPSA) is 37.8 Å². The standard InChI is InChI=1S/C22H30N2O/c1-16-21(24(22(25)23-16)20-10-6-3-7-11-20)19-14-12-18(13-15-19)17-8-4-2-5-9-17/h12-15,17,20H,2-11H2,1H3,(H,23,25). The van der Waals surface area contributed by atoms with Crippen molar-refractivity contribution in [2.45, 2.75) is 83.1 Å². The van der Waals surface area contributed by atoms with Crippen LogP contribution < -0.4 is 5.69 Å². The first-order chi connectivity index (χ1) is 12.2. The Hall–Kier alpha value is -1.77. The Morgan fingerprint density at radius 3 is 2.12 bits per heavy atom. The molecule has 3 nitrogen and oxygen atoms in total. The fourth-order valence-electron chi connectivity index (χ4n) is 4.95. The molecule has 0 atom stereocenters. The van der Waals surface area contributed by atoms with E-state index in [0.717, 1.165) is 30.1 Å². The zero-order valence-corrected chi connectivity index (χ0v) is 15.4. The number of nitrogens with one attached hydrogen (secondary N) is 1. The molecule has 0 radical (unpaired) electrons. The van der Waals surface area contributed by atoms with Crippen LogP contribution in [-0.4, -0.2) is 9.55 Å². The maximum absolute atomic E-state index is 12.6. The van der Waals surface area contributed by atoms with Gasteiger partial charge in [-0.1, -0.05) is 62.8 Å². The number of aromatic nitrogens is 2. The summed E-state index contributed by atoms with van der Waals surface area (Å²) < 4.78 is 2.05. The molecular weight excluding hydrogens is 308 g/mol. The van der Waals surface area contributed by atoms with Crippen molar-refractivity contribution in [1.29, 1.82) is 0 Å². The maximum atomic E-state index is 12.6. The highest BCUT2D eigenvalue weighted by Crippen LogP contribution is 2.35. The molecule has 25 heavy (non-hydrogen) atoms. The number of H-pyrrole nitrogens is 1. The lowest BCUT2D eigenvalue weighted by Crippen LogP contribution is -2.24. The lowest BCUT2D eigenvalue weighted by molar-refractivity contribution is 0.349. The van der Waals surface area contributed by atoms with Crippen molar-refractivity contribution in [2.75, 3.05) is 0 Å². The Labute approximate surface area is 150 Å². The van der Waals surface area contributed by atoms with E-state index in [-0.39, 0.29) is 5.69 Å². The molecule has 2 saturated carbocycles. The first-order valence-corrected chi connectivity index (χ1v) is 10.2. The van der Waals surface area contributed by atoms with Gasteiger partial charge in [0, 0.05) is 17.3 Å². The summed E-state index contributed by atoms with van der Waals surface area (Å²) in [5, 5.41) is 0. The molecular formula is C22H30N2O. The van der Waals surface area contributed by atoms with Gasteiger partial charge in [-0.15, -0.1) is 0 Å². The molecule has 0 amide bonds. The average molecular weight is 338 g/mol. The van der Waals surface area contributed by atoms with Crippen molar-refractivity contribution in [1.82, 2.24) is 9.55 Å². The van der Waals surface area contributed by atoms with E-state index in [0.29, 0.717) is 6.04 Å². The molecule has 2 aliphatic carbocycles. The van der Waals surface area contributed by atoms with Crippen molar-refractivity contribution >= 4 is 0 Å². The second-order valence-corrected chi connectivity index (χ2v) is 8.02. The second-order valence-electron chi connectivity index (χ2n) is 8.02. The summed E-state index contributed by atoms with van der Waals surface area (Å²) >= 11 is 0. The van der Waals surface area contributed by atoms with Gasteiger partial charge in [0.05, 0.1) is 5.69 Å². The molecule has 4 rings (SSSR count). The molecule has 2 aliphatic rings. The number of hydrogen-bond donors (Lipinski definition) is 1. The highest BCUT2D eigenvalue weighted by Gasteiger charge is 2.23. The van der Waals surface area contributed by atoms with Gasteiger partial charge >= 0.3 is 5.69 Å². The van der Waals surface area contributed by atoms with Crippen LogP contribution in [0.3, 0.4) is 0 Å². The number of aromatic amines is 1. The molecule has 1 aromatic heterocycles. The number of nitrogens with zero attached hydrogens (tertiary/aromatic N) is 1. The third-order valence-electron chi connectivity index (χ3n) is 6.31. The minimum absolute atomic E-state index is 0.0655. The van der Waals surface area contributed by atoms with Crippen LogP contribution in [0.2, 0.25) is 0 Å². The molecule has 1 aromatic carbocycles. The molecule has 1 heterocycles. The zero-order valence-electron chi connectivity index (χ0n) is 15.4. The van der Waals surface area contributed by atoms with Gasteiger partial charge in [-0.05, 0) is 44.1 Å². The molecule has 1 N–H and O–H groups in total. The van der Waals surface area contributed by atoms with Crippen molar-refractivity contribution in [2.24, 2.45) is 0 Å². The van der Waals surface area contributed by atoms with Gasteiger partial charge in [0.1, 0.15) is 0 Å². The normalized spacial score (nSPS) is 20.0. The summed E-state index contributed by atoms with van der Waals surface area (Å²) in [5.74, 6) is 0.732. The van der Waals surface area contributed by atoms with E-state index in [4.69, 9.17) is 0 Å². The Morgan fingerprint density at radius 1 is 0.880 bits per heavy atom. The molecule has 0 unspecified atom stereocenters. The van der Waals surface area contributed by atoms with Crippen molar-refractivity contribution in [3.05, 3.63) is 46.0 Å². The largest absolute Gasteiger partial charge is 0.326 e. The summed E-state index contributed by atoms with van der Waals surface area (Å²) in [4.78, 5) is 15.6. The third kappa shape index (κ3) is 3.33. The van der Waals surface area contributed by atoms with E-state index in [1.807, 2.05) is 11.5 Å². The predicted molar refractivity (Wildman–Crippen MR) is 103 cm³/mol. The van der Waals surface area contributed by atoms with Crippen LogP contribution in [0.15, 0.2) is 29.1 Å². The Bertz CT molecular complexity index is 756. The number of imidazole rings is 1. The first kappa shape index (κ1) is 16.7. The fourth-order valence-corrected chi connectivity index (χ4v) is 4.95. The number of benzene rings is 1. The minimum Gasteiger partial charge on any atom is -0.309 e. The molecule has 0 saturated heterocycles. The zero-order chi connectivity index (χ0) is 17.2. The SMILES string of the molecule is Cc1[nH]c(=O)n(C2CCCCC2)c1-c1ccc(C2CCCCC2)cc1. The Kier molecular flexibility index (Phi) is 4.82. The number of aryl methyl sites for hydroxylation is 1. The molecule has 0 spiro atoms.